The van der Waals surface area contributed by atoms with E-state index in [0.29, 0.717) is 5.02 Å². The molecule has 4 nitrogen and oxygen atoms in total. The molecule has 0 aliphatic carbocycles. The molecule has 25 heavy (non-hydrogen) atoms. The third-order valence-electron chi connectivity index (χ3n) is 5.13. The summed E-state index contributed by atoms with van der Waals surface area (Å²) < 4.78 is 2.10. The molecule has 1 amide bonds. The number of likely N-dealkylation sites (tertiary alicyclic amines) is 1. The Labute approximate surface area is 154 Å². The van der Waals surface area contributed by atoms with Gasteiger partial charge in [0.25, 0.3) is 5.91 Å². The van der Waals surface area contributed by atoms with Crippen molar-refractivity contribution in [2.24, 2.45) is 0 Å². The molecule has 0 bridgehead atoms. The van der Waals surface area contributed by atoms with Crippen molar-refractivity contribution in [3.8, 4) is 5.69 Å². The van der Waals surface area contributed by atoms with Crippen LogP contribution in [0.1, 0.15) is 41.5 Å². The van der Waals surface area contributed by atoms with Gasteiger partial charge >= 0.3 is 0 Å². The van der Waals surface area contributed by atoms with E-state index >= 15 is 0 Å². The van der Waals surface area contributed by atoms with Gasteiger partial charge in [-0.2, -0.15) is 0 Å². The Morgan fingerprint density at radius 2 is 1.84 bits per heavy atom. The molecule has 134 valence electrons. The van der Waals surface area contributed by atoms with E-state index in [0.717, 1.165) is 55.1 Å². The van der Waals surface area contributed by atoms with Crippen LogP contribution in [0.15, 0.2) is 30.3 Å². The third kappa shape index (κ3) is 3.91. The first-order chi connectivity index (χ1) is 12.0. The number of aryl methyl sites for hydroxylation is 1. The summed E-state index contributed by atoms with van der Waals surface area (Å²) in [6, 6.07) is 9.94. The Morgan fingerprint density at radius 3 is 2.44 bits per heavy atom. The molecule has 0 atom stereocenters. The van der Waals surface area contributed by atoms with Gasteiger partial charge in [-0.3, -0.25) is 4.79 Å². The van der Waals surface area contributed by atoms with Crippen molar-refractivity contribution < 1.29 is 4.79 Å². The van der Waals surface area contributed by atoms with E-state index in [1.807, 2.05) is 44.2 Å². The third-order valence-corrected chi connectivity index (χ3v) is 5.38. The highest BCUT2D eigenvalue weighted by molar-refractivity contribution is 6.30. The number of aromatic nitrogens is 1. The number of piperidine rings is 1. The number of carbonyl (C=O) groups is 1. The highest BCUT2D eigenvalue weighted by Gasteiger charge is 2.22. The second-order valence-electron chi connectivity index (χ2n) is 6.78. The number of nitrogens with zero attached hydrogens (tertiary/aromatic N) is 2. The van der Waals surface area contributed by atoms with E-state index in [9.17, 15) is 4.79 Å². The first kappa shape index (κ1) is 18.0. The van der Waals surface area contributed by atoms with E-state index in [-0.39, 0.29) is 11.9 Å². The number of halogens is 1. The van der Waals surface area contributed by atoms with Gasteiger partial charge < -0.3 is 14.8 Å². The van der Waals surface area contributed by atoms with Crippen molar-refractivity contribution in [3.63, 3.8) is 0 Å². The van der Waals surface area contributed by atoms with Gasteiger partial charge in [0.1, 0.15) is 0 Å². The first-order valence-corrected chi connectivity index (χ1v) is 9.35. The van der Waals surface area contributed by atoms with E-state index in [4.69, 9.17) is 11.6 Å². The fourth-order valence-corrected chi connectivity index (χ4v) is 3.76. The summed E-state index contributed by atoms with van der Waals surface area (Å²) in [5.74, 6) is 0.0308. The Morgan fingerprint density at radius 1 is 1.20 bits per heavy atom. The molecule has 1 aromatic heterocycles. The highest BCUT2D eigenvalue weighted by atomic mass is 35.5. The predicted molar refractivity (Wildman–Crippen MR) is 103 cm³/mol. The number of carbonyl (C=O) groups excluding carboxylic acids is 1. The smallest absolute Gasteiger partial charge is 0.253 e. The number of hydrogen-bond acceptors (Lipinski definition) is 2. The Hall–Kier alpha value is -1.78. The van der Waals surface area contributed by atoms with E-state index < -0.39 is 0 Å². The van der Waals surface area contributed by atoms with Gasteiger partial charge in [-0.25, -0.2) is 0 Å². The largest absolute Gasteiger partial charge is 0.349 e. The summed E-state index contributed by atoms with van der Waals surface area (Å²) in [4.78, 5) is 15.2. The molecule has 0 unspecified atom stereocenters. The standard InChI is InChI=1S/C20H26ClN3O/c1-4-23-11-9-17(10-12-23)22-20(25)19-13-14(2)24(15(19)3)18-7-5-16(21)6-8-18/h5-8,13,17H,4,9-12H2,1-3H3,(H,22,25). The summed E-state index contributed by atoms with van der Waals surface area (Å²) >= 11 is 5.99. The van der Waals surface area contributed by atoms with Crippen molar-refractivity contribution in [1.29, 1.82) is 0 Å². The minimum absolute atomic E-state index is 0.0308. The fourth-order valence-electron chi connectivity index (χ4n) is 3.64. The second-order valence-corrected chi connectivity index (χ2v) is 7.22. The summed E-state index contributed by atoms with van der Waals surface area (Å²) in [7, 11) is 0. The van der Waals surface area contributed by atoms with Crippen LogP contribution >= 0.6 is 11.6 Å². The van der Waals surface area contributed by atoms with Crippen molar-refractivity contribution in [2.45, 2.75) is 39.7 Å². The summed E-state index contributed by atoms with van der Waals surface area (Å²) in [5, 5.41) is 3.93. The van der Waals surface area contributed by atoms with Gasteiger partial charge in [0.05, 0.1) is 5.56 Å². The van der Waals surface area contributed by atoms with Gasteiger partial charge in [0.2, 0.25) is 0 Å². The molecule has 0 saturated carbocycles. The van der Waals surface area contributed by atoms with Crippen LogP contribution in [0.4, 0.5) is 0 Å². The Balaban J connectivity index is 1.76. The molecule has 1 aromatic carbocycles. The number of nitrogens with one attached hydrogen (secondary N) is 1. The van der Waals surface area contributed by atoms with Crippen molar-refractivity contribution >= 4 is 17.5 Å². The topological polar surface area (TPSA) is 37.3 Å². The lowest BCUT2D eigenvalue weighted by molar-refractivity contribution is 0.0912. The molecule has 2 heterocycles. The van der Waals surface area contributed by atoms with Crippen LogP contribution in [0.25, 0.3) is 5.69 Å². The lowest BCUT2D eigenvalue weighted by atomic mass is 10.0. The lowest BCUT2D eigenvalue weighted by Gasteiger charge is -2.31. The maximum Gasteiger partial charge on any atom is 0.253 e. The van der Waals surface area contributed by atoms with Crippen LogP contribution in [-0.4, -0.2) is 41.1 Å². The van der Waals surface area contributed by atoms with Crippen LogP contribution in [0, 0.1) is 13.8 Å². The van der Waals surface area contributed by atoms with Crippen LogP contribution in [0.3, 0.4) is 0 Å². The molecule has 3 rings (SSSR count). The maximum atomic E-state index is 12.8. The van der Waals surface area contributed by atoms with Crippen LogP contribution in [0.5, 0.6) is 0 Å². The number of rotatable bonds is 4. The first-order valence-electron chi connectivity index (χ1n) is 8.97. The van der Waals surface area contributed by atoms with Crippen molar-refractivity contribution in [3.05, 3.63) is 52.3 Å². The molecule has 1 fully saturated rings. The minimum Gasteiger partial charge on any atom is -0.349 e. The van der Waals surface area contributed by atoms with E-state index in [2.05, 4.69) is 21.7 Å². The van der Waals surface area contributed by atoms with Crippen molar-refractivity contribution in [2.75, 3.05) is 19.6 Å². The number of benzene rings is 1. The fraction of sp³-hybridized carbons (Fsp3) is 0.450. The average Bonchev–Trinajstić information content (AvgIpc) is 2.91. The quantitative estimate of drug-likeness (QED) is 0.897. The molecule has 0 radical (unpaired) electrons. The average molecular weight is 360 g/mol. The second kappa shape index (κ2) is 7.63. The summed E-state index contributed by atoms with van der Waals surface area (Å²) in [5.41, 5.74) is 3.79. The van der Waals surface area contributed by atoms with E-state index in [1.165, 1.54) is 0 Å². The molecule has 1 aliphatic rings. The lowest BCUT2D eigenvalue weighted by Crippen LogP contribution is -2.44. The molecular weight excluding hydrogens is 334 g/mol. The highest BCUT2D eigenvalue weighted by Crippen LogP contribution is 2.22. The summed E-state index contributed by atoms with van der Waals surface area (Å²) in [6.45, 7) is 9.41. The molecule has 5 heteroatoms. The SMILES string of the molecule is CCN1CCC(NC(=O)c2cc(C)n(-c3ccc(Cl)cc3)c2C)CC1. The van der Waals surface area contributed by atoms with Gasteiger partial charge in [-0.1, -0.05) is 18.5 Å². The van der Waals surface area contributed by atoms with Crippen LogP contribution in [0.2, 0.25) is 5.02 Å². The van der Waals surface area contributed by atoms with Crippen molar-refractivity contribution in [1.82, 2.24) is 14.8 Å². The van der Waals surface area contributed by atoms with Crippen LogP contribution < -0.4 is 5.32 Å². The van der Waals surface area contributed by atoms with Gasteiger partial charge in [0.15, 0.2) is 0 Å². The zero-order valence-electron chi connectivity index (χ0n) is 15.2. The molecule has 0 spiro atoms. The molecule has 1 aliphatic heterocycles. The van der Waals surface area contributed by atoms with Gasteiger partial charge in [-0.05, 0) is 63.6 Å². The zero-order chi connectivity index (χ0) is 18.0. The summed E-state index contributed by atoms with van der Waals surface area (Å²) in [6.07, 6.45) is 2.05. The maximum absolute atomic E-state index is 12.8. The van der Waals surface area contributed by atoms with E-state index in [1.54, 1.807) is 0 Å². The number of hydrogen-bond donors (Lipinski definition) is 1. The monoisotopic (exact) mass is 359 g/mol. The predicted octanol–water partition coefficient (Wildman–Crippen LogP) is 3.96. The minimum atomic E-state index is 0.0308. The molecule has 1 N–H and O–H groups in total. The normalized spacial score (nSPS) is 16.2. The Kier molecular flexibility index (Phi) is 5.50. The molecular formula is C20H26ClN3O. The zero-order valence-corrected chi connectivity index (χ0v) is 15.9. The number of amides is 1. The molecule has 2 aromatic rings. The Bertz CT molecular complexity index is 743. The molecule has 1 saturated heterocycles. The van der Waals surface area contributed by atoms with Gasteiger partial charge in [-0.15, -0.1) is 0 Å². The van der Waals surface area contributed by atoms with Crippen LogP contribution in [-0.2, 0) is 0 Å². The van der Waals surface area contributed by atoms with Gasteiger partial charge in [0, 0.05) is 41.2 Å².